The molecule has 0 aliphatic heterocycles. The van der Waals surface area contributed by atoms with Crippen molar-refractivity contribution >= 4 is 50.5 Å². The van der Waals surface area contributed by atoms with Crippen molar-refractivity contribution in [2.45, 2.75) is 0 Å². The Labute approximate surface area is 85.9 Å². The van der Waals surface area contributed by atoms with Crippen molar-refractivity contribution in [1.82, 2.24) is 0 Å². The third-order valence-electron chi connectivity index (χ3n) is 1.86. The van der Waals surface area contributed by atoms with Gasteiger partial charge in [0.05, 0.1) is 0 Å². The molecule has 0 saturated carbocycles. The van der Waals surface area contributed by atoms with Crippen molar-refractivity contribution in [3.63, 3.8) is 0 Å². The third kappa shape index (κ3) is 1.31. The molecule has 62 valence electrons. The molecule has 0 spiro atoms. The van der Waals surface area contributed by atoms with Crippen LogP contribution in [0.4, 0.5) is 0 Å². The molecule has 0 N–H and O–H groups in total. The topological polar surface area (TPSA) is 0 Å². The van der Waals surface area contributed by atoms with E-state index in [9.17, 15) is 0 Å². The van der Waals surface area contributed by atoms with E-state index in [1.807, 2.05) is 30.3 Å². The number of benzene rings is 1. The maximum Gasteiger partial charge on any atom is 0.373 e. The Bertz CT molecular complexity index is 352. The maximum atomic E-state index is 5.86. The lowest BCUT2D eigenvalue weighted by atomic mass is 9.98. The zero-order valence-corrected chi connectivity index (χ0v) is 9.29. The van der Waals surface area contributed by atoms with Gasteiger partial charge in [-0.15, -0.1) is 33.2 Å². The van der Waals surface area contributed by atoms with Gasteiger partial charge in [0.25, 0.3) is 0 Å². The first kappa shape index (κ1) is 8.64. The van der Waals surface area contributed by atoms with Crippen LogP contribution < -0.4 is 0 Å². The monoisotopic (exact) mass is 234 g/mol. The third-order valence-corrected chi connectivity index (χ3v) is 4.71. The zero-order valence-electron chi connectivity index (χ0n) is 6.02. The van der Waals surface area contributed by atoms with Crippen LogP contribution in [0.5, 0.6) is 0 Å². The average Bonchev–Trinajstić information content (AvgIpc) is 1.88. The summed E-state index contributed by atoms with van der Waals surface area (Å²) < 4.78 is 0. The standard InChI is InChI=1S/C8H5Cl3Si/c9-12(10,11)8-5-6-3-1-2-4-7(6)8/h1-5H. The molecule has 0 saturated heterocycles. The molecule has 2 rings (SSSR count). The number of rotatable bonds is 1. The molecule has 1 aromatic rings. The SMILES string of the molecule is Cl[Si](Cl)(Cl)C1=Cc2ccccc21. The largest absolute Gasteiger partial charge is 0.373 e. The lowest BCUT2D eigenvalue weighted by molar-refractivity contribution is 1.56. The molecule has 0 bridgehead atoms. The summed E-state index contributed by atoms with van der Waals surface area (Å²) in [5.41, 5.74) is 2.27. The van der Waals surface area contributed by atoms with Gasteiger partial charge in [0.15, 0.2) is 0 Å². The number of hydrogen-bond acceptors (Lipinski definition) is 0. The fourth-order valence-electron chi connectivity index (χ4n) is 1.26. The second-order valence-corrected chi connectivity index (χ2v) is 11.0. The van der Waals surface area contributed by atoms with Gasteiger partial charge in [-0.3, -0.25) is 0 Å². The molecule has 0 fully saturated rings. The highest BCUT2D eigenvalue weighted by Crippen LogP contribution is 2.44. The molecule has 1 aliphatic carbocycles. The molecule has 0 heterocycles. The van der Waals surface area contributed by atoms with Crippen LogP contribution >= 0.6 is 33.2 Å². The molecule has 0 atom stereocenters. The normalized spacial score (nSPS) is 14.8. The summed E-state index contributed by atoms with van der Waals surface area (Å²) in [4.78, 5) is 0. The summed E-state index contributed by atoms with van der Waals surface area (Å²) in [6, 6.07) is 5.29. The van der Waals surface area contributed by atoms with Crippen LogP contribution in [-0.2, 0) is 0 Å². The second-order valence-electron chi connectivity index (χ2n) is 2.64. The highest BCUT2D eigenvalue weighted by molar-refractivity contribution is 7.71. The van der Waals surface area contributed by atoms with E-state index in [1.54, 1.807) is 0 Å². The van der Waals surface area contributed by atoms with Crippen LogP contribution in [0.15, 0.2) is 24.3 Å². The molecule has 1 aromatic carbocycles. The van der Waals surface area contributed by atoms with E-state index >= 15 is 0 Å². The van der Waals surface area contributed by atoms with Crippen molar-refractivity contribution in [2.24, 2.45) is 0 Å². The number of halogens is 3. The first-order valence-electron chi connectivity index (χ1n) is 3.47. The van der Waals surface area contributed by atoms with Crippen LogP contribution in [0.3, 0.4) is 0 Å². The Morgan fingerprint density at radius 3 is 2.25 bits per heavy atom. The van der Waals surface area contributed by atoms with Crippen molar-refractivity contribution in [3.05, 3.63) is 35.4 Å². The van der Waals surface area contributed by atoms with E-state index in [-0.39, 0.29) is 0 Å². The highest BCUT2D eigenvalue weighted by atomic mass is 35.8. The fourth-order valence-corrected chi connectivity index (χ4v) is 3.52. The predicted octanol–water partition coefficient (Wildman–Crippen LogP) is 3.74. The van der Waals surface area contributed by atoms with Crippen LogP contribution in [0.1, 0.15) is 11.1 Å². The highest BCUT2D eigenvalue weighted by Gasteiger charge is 2.36. The summed E-state index contributed by atoms with van der Waals surface area (Å²) >= 11 is 17.6. The Kier molecular flexibility index (Phi) is 2.00. The summed E-state index contributed by atoms with van der Waals surface area (Å²) in [6.45, 7) is 0. The van der Waals surface area contributed by atoms with Crippen molar-refractivity contribution in [1.29, 1.82) is 0 Å². The smallest absolute Gasteiger partial charge is 0.121 e. The van der Waals surface area contributed by atoms with E-state index in [1.165, 1.54) is 5.56 Å². The Morgan fingerprint density at radius 2 is 1.67 bits per heavy atom. The molecule has 0 radical (unpaired) electrons. The first-order valence-corrected chi connectivity index (χ1v) is 8.51. The zero-order chi connectivity index (χ0) is 8.77. The van der Waals surface area contributed by atoms with Crippen molar-refractivity contribution in [2.75, 3.05) is 0 Å². The van der Waals surface area contributed by atoms with Crippen LogP contribution in [0.25, 0.3) is 11.3 Å². The van der Waals surface area contributed by atoms with E-state index in [0.29, 0.717) is 0 Å². The number of hydrogen-bond donors (Lipinski definition) is 0. The predicted molar refractivity (Wildman–Crippen MR) is 57.6 cm³/mol. The van der Waals surface area contributed by atoms with Gasteiger partial charge in [-0.25, -0.2) is 0 Å². The maximum absolute atomic E-state index is 5.86. The Morgan fingerprint density at radius 1 is 1.00 bits per heavy atom. The van der Waals surface area contributed by atoms with Crippen LogP contribution in [-0.4, -0.2) is 6.00 Å². The van der Waals surface area contributed by atoms with E-state index in [0.717, 1.165) is 10.8 Å². The van der Waals surface area contributed by atoms with Gasteiger partial charge in [0, 0.05) is 0 Å². The van der Waals surface area contributed by atoms with Gasteiger partial charge >= 0.3 is 6.00 Å². The van der Waals surface area contributed by atoms with E-state index in [2.05, 4.69) is 0 Å². The lowest BCUT2D eigenvalue weighted by Crippen LogP contribution is -2.18. The van der Waals surface area contributed by atoms with Crippen molar-refractivity contribution in [3.8, 4) is 0 Å². The van der Waals surface area contributed by atoms with Gasteiger partial charge in [-0.1, -0.05) is 30.3 Å². The van der Waals surface area contributed by atoms with Crippen LogP contribution in [0.2, 0.25) is 0 Å². The molecule has 0 amide bonds. The Balaban J connectivity index is 2.40. The minimum Gasteiger partial charge on any atom is -0.121 e. The van der Waals surface area contributed by atoms with Crippen molar-refractivity contribution < 1.29 is 0 Å². The van der Waals surface area contributed by atoms with Crippen LogP contribution in [0, 0.1) is 0 Å². The average molecular weight is 236 g/mol. The fraction of sp³-hybridized carbons (Fsp3) is 0. The summed E-state index contributed by atoms with van der Waals surface area (Å²) in [5, 5.41) is 0.920. The molecule has 4 heteroatoms. The second kappa shape index (κ2) is 2.77. The minimum absolute atomic E-state index is 0.920. The van der Waals surface area contributed by atoms with Gasteiger partial charge in [0.2, 0.25) is 0 Å². The molecule has 1 aliphatic rings. The molecule has 12 heavy (non-hydrogen) atoms. The Hall–Kier alpha value is 0.0469. The van der Waals surface area contributed by atoms with Gasteiger partial charge in [-0.05, 0) is 16.3 Å². The molecular formula is C8H5Cl3Si. The lowest BCUT2D eigenvalue weighted by Gasteiger charge is -2.23. The van der Waals surface area contributed by atoms with E-state index in [4.69, 9.17) is 33.2 Å². The molecular weight excluding hydrogens is 231 g/mol. The van der Waals surface area contributed by atoms with Gasteiger partial charge < -0.3 is 0 Å². The quantitative estimate of drug-likeness (QED) is 0.514. The molecule has 0 aromatic heterocycles. The summed E-state index contributed by atoms with van der Waals surface area (Å²) in [6.07, 6.45) is 1.95. The summed E-state index contributed by atoms with van der Waals surface area (Å²) in [5.74, 6) is 0. The molecule has 0 unspecified atom stereocenters. The number of fused-ring (bicyclic) bond motifs is 1. The minimum atomic E-state index is -2.65. The van der Waals surface area contributed by atoms with Gasteiger partial charge in [-0.2, -0.15) is 0 Å². The first-order chi connectivity index (χ1) is 5.59. The van der Waals surface area contributed by atoms with E-state index < -0.39 is 6.00 Å². The van der Waals surface area contributed by atoms with Gasteiger partial charge in [0.1, 0.15) is 0 Å². The summed E-state index contributed by atoms with van der Waals surface area (Å²) in [7, 11) is 0. The molecule has 0 nitrogen and oxygen atoms in total.